The van der Waals surface area contributed by atoms with Crippen molar-refractivity contribution in [3.63, 3.8) is 0 Å². The van der Waals surface area contributed by atoms with Crippen LogP contribution in [0.5, 0.6) is 0 Å². The number of hydrogen-bond acceptors (Lipinski definition) is 2. The summed E-state index contributed by atoms with van der Waals surface area (Å²) in [7, 11) is 0. The van der Waals surface area contributed by atoms with E-state index in [1.165, 1.54) is 18.4 Å². The van der Waals surface area contributed by atoms with Crippen molar-refractivity contribution in [2.45, 2.75) is 0 Å². The molecule has 0 unspecified atom stereocenters. The van der Waals surface area contributed by atoms with Gasteiger partial charge >= 0.3 is 0 Å². The van der Waals surface area contributed by atoms with Crippen molar-refractivity contribution in [1.29, 1.82) is 0 Å². The molecule has 1 aromatic heterocycles. The fraction of sp³-hybridized carbons (Fsp3) is 0. The van der Waals surface area contributed by atoms with Gasteiger partial charge in [-0.1, -0.05) is 0 Å². The monoisotopic (exact) mass is 241 g/mol. The Balaban J connectivity index is 2.53. The van der Waals surface area contributed by atoms with Crippen LogP contribution in [0, 0.1) is 5.82 Å². The maximum absolute atomic E-state index is 12.7. The van der Waals surface area contributed by atoms with Gasteiger partial charge in [-0.15, -0.1) is 0 Å². The average Bonchev–Trinajstić information content (AvgIpc) is 2.56. The van der Waals surface area contributed by atoms with E-state index in [0.717, 1.165) is 5.56 Å². The van der Waals surface area contributed by atoms with Gasteiger partial charge in [-0.05, 0) is 34.1 Å². The first kappa shape index (κ1) is 8.44. The minimum Gasteiger partial charge on any atom is -0.444 e. The van der Waals surface area contributed by atoms with Crippen molar-refractivity contribution < 1.29 is 8.81 Å². The summed E-state index contributed by atoms with van der Waals surface area (Å²) in [6.07, 6.45) is 3.02. The van der Waals surface area contributed by atoms with E-state index < -0.39 is 0 Å². The summed E-state index contributed by atoms with van der Waals surface area (Å²) in [5, 5.41) is 0. The Bertz CT molecular complexity index is 414. The Morgan fingerprint density at radius 2 is 2.23 bits per heavy atom. The molecule has 0 aliphatic heterocycles. The highest BCUT2D eigenvalue weighted by molar-refractivity contribution is 9.10. The van der Waals surface area contributed by atoms with Crippen LogP contribution in [-0.4, -0.2) is 4.98 Å². The maximum Gasteiger partial charge on any atom is 0.227 e. The predicted molar refractivity (Wildman–Crippen MR) is 49.6 cm³/mol. The SMILES string of the molecule is Fc1ccc(-c2ncco2)c(Br)c1. The quantitative estimate of drug-likeness (QED) is 0.767. The van der Waals surface area contributed by atoms with Crippen molar-refractivity contribution in [3.8, 4) is 11.5 Å². The maximum atomic E-state index is 12.7. The van der Waals surface area contributed by atoms with Gasteiger partial charge in [-0.2, -0.15) is 0 Å². The molecule has 0 saturated carbocycles. The molecule has 0 bridgehead atoms. The van der Waals surface area contributed by atoms with Crippen molar-refractivity contribution in [2.24, 2.45) is 0 Å². The summed E-state index contributed by atoms with van der Waals surface area (Å²) in [6.45, 7) is 0. The fourth-order valence-corrected chi connectivity index (χ4v) is 1.54. The topological polar surface area (TPSA) is 26.0 Å². The van der Waals surface area contributed by atoms with Gasteiger partial charge in [-0.25, -0.2) is 9.37 Å². The van der Waals surface area contributed by atoms with Gasteiger partial charge < -0.3 is 4.42 Å². The van der Waals surface area contributed by atoms with Gasteiger partial charge in [0.1, 0.15) is 12.1 Å². The third kappa shape index (κ3) is 1.62. The molecule has 13 heavy (non-hydrogen) atoms. The van der Waals surface area contributed by atoms with E-state index >= 15 is 0 Å². The largest absolute Gasteiger partial charge is 0.444 e. The highest BCUT2D eigenvalue weighted by atomic mass is 79.9. The molecule has 1 heterocycles. The Kier molecular flexibility index (Phi) is 2.14. The molecule has 2 rings (SSSR count). The van der Waals surface area contributed by atoms with Crippen LogP contribution in [0.15, 0.2) is 39.5 Å². The molecule has 0 amide bonds. The van der Waals surface area contributed by atoms with Crippen molar-refractivity contribution in [3.05, 3.63) is 40.9 Å². The highest BCUT2D eigenvalue weighted by Crippen LogP contribution is 2.27. The number of halogens is 2. The molecule has 0 saturated heterocycles. The van der Waals surface area contributed by atoms with Crippen LogP contribution in [0.25, 0.3) is 11.5 Å². The minimum atomic E-state index is -0.290. The Morgan fingerprint density at radius 1 is 1.38 bits per heavy atom. The van der Waals surface area contributed by atoms with E-state index in [1.807, 2.05) is 0 Å². The molecule has 2 nitrogen and oxygen atoms in total. The number of oxazole rings is 1. The molecule has 0 aliphatic carbocycles. The fourth-order valence-electron chi connectivity index (χ4n) is 1.02. The van der Waals surface area contributed by atoms with E-state index in [4.69, 9.17) is 4.42 Å². The van der Waals surface area contributed by atoms with E-state index in [1.54, 1.807) is 12.3 Å². The lowest BCUT2D eigenvalue weighted by atomic mass is 10.2. The molecule has 0 radical (unpaired) electrons. The van der Waals surface area contributed by atoms with E-state index in [9.17, 15) is 4.39 Å². The number of hydrogen-bond donors (Lipinski definition) is 0. The zero-order valence-electron chi connectivity index (χ0n) is 6.50. The van der Waals surface area contributed by atoms with Crippen LogP contribution in [-0.2, 0) is 0 Å². The van der Waals surface area contributed by atoms with Gasteiger partial charge in [0, 0.05) is 4.47 Å². The summed E-state index contributed by atoms with van der Waals surface area (Å²) in [4.78, 5) is 3.96. The normalized spacial score (nSPS) is 10.3. The average molecular weight is 242 g/mol. The summed E-state index contributed by atoms with van der Waals surface area (Å²) in [5.74, 6) is 0.189. The Labute approximate surface area is 82.5 Å². The second kappa shape index (κ2) is 3.30. The molecular weight excluding hydrogens is 237 g/mol. The van der Waals surface area contributed by atoms with Crippen LogP contribution < -0.4 is 0 Å². The van der Waals surface area contributed by atoms with E-state index in [-0.39, 0.29) is 5.82 Å². The van der Waals surface area contributed by atoms with Gasteiger partial charge in [0.15, 0.2) is 0 Å². The molecule has 1 aromatic carbocycles. The molecule has 0 aliphatic rings. The second-order valence-corrected chi connectivity index (χ2v) is 3.32. The molecule has 2 aromatic rings. The van der Waals surface area contributed by atoms with Crippen LogP contribution in [0.2, 0.25) is 0 Å². The first-order chi connectivity index (χ1) is 6.27. The number of benzene rings is 1. The Hall–Kier alpha value is -1.16. The smallest absolute Gasteiger partial charge is 0.227 e. The lowest BCUT2D eigenvalue weighted by Crippen LogP contribution is -1.81. The van der Waals surface area contributed by atoms with Gasteiger partial charge in [0.25, 0.3) is 0 Å². The number of nitrogens with zero attached hydrogens (tertiary/aromatic N) is 1. The lowest BCUT2D eigenvalue weighted by Gasteiger charge is -1.98. The minimum absolute atomic E-state index is 0.290. The van der Waals surface area contributed by atoms with Crippen LogP contribution in [0.1, 0.15) is 0 Å². The molecular formula is C9H5BrFNO. The molecule has 4 heteroatoms. The standard InChI is InChI=1S/C9H5BrFNO/c10-8-5-6(11)1-2-7(8)9-12-3-4-13-9/h1-5H. The van der Waals surface area contributed by atoms with Gasteiger partial charge in [-0.3, -0.25) is 0 Å². The van der Waals surface area contributed by atoms with Crippen molar-refractivity contribution >= 4 is 15.9 Å². The van der Waals surface area contributed by atoms with Crippen LogP contribution >= 0.6 is 15.9 Å². The van der Waals surface area contributed by atoms with Crippen molar-refractivity contribution in [1.82, 2.24) is 4.98 Å². The zero-order chi connectivity index (χ0) is 9.26. The van der Waals surface area contributed by atoms with Crippen molar-refractivity contribution in [2.75, 3.05) is 0 Å². The number of rotatable bonds is 1. The molecule has 66 valence electrons. The zero-order valence-corrected chi connectivity index (χ0v) is 8.08. The highest BCUT2D eigenvalue weighted by Gasteiger charge is 2.07. The first-order valence-corrected chi connectivity index (χ1v) is 4.41. The van der Waals surface area contributed by atoms with Crippen LogP contribution in [0.3, 0.4) is 0 Å². The summed E-state index contributed by atoms with van der Waals surface area (Å²) in [6, 6.07) is 4.36. The van der Waals surface area contributed by atoms with Crippen LogP contribution in [0.4, 0.5) is 4.39 Å². The van der Waals surface area contributed by atoms with Gasteiger partial charge in [0.05, 0.1) is 11.8 Å². The predicted octanol–water partition coefficient (Wildman–Crippen LogP) is 3.24. The summed E-state index contributed by atoms with van der Waals surface area (Å²) in [5.41, 5.74) is 0.742. The molecule has 0 atom stereocenters. The Morgan fingerprint density at radius 3 is 2.85 bits per heavy atom. The van der Waals surface area contributed by atoms with Gasteiger partial charge in [0.2, 0.25) is 5.89 Å². The summed E-state index contributed by atoms with van der Waals surface area (Å²) < 4.78 is 18.4. The van der Waals surface area contributed by atoms with E-state index in [2.05, 4.69) is 20.9 Å². The van der Waals surface area contributed by atoms with E-state index in [0.29, 0.717) is 10.4 Å². The lowest BCUT2D eigenvalue weighted by molar-refractivity contribution is 0.573. The third-order valence-corrected chi connectivity index (χ3v) is 2.25. The molecule has 0 N–H and O–H groups in total. The second-order valence-electron chi connectivity index (χ2n) is 2.46. The number of aromatic nitrogens is 1. The molecule has 0 spiro atoms. The molecule has 0 fully saturated rings. The summed E-state index contributed by atoms with van der Waals surface area (Å²) >= 11 is 3.23. The first-order valence-electron chi connectivity index (χ1n) is 3.62. The third-order valence-electron chi connectivity index (χ3n) is 1.59.